The number of rotatable bonds is 5. The molecule has 0 spiro atoms. The zero-order valence-corrected chi connectivity index (χ0v) is 17.5. The molecule has 0 aliphatic carbocycles. The number of ether oxygens (including phenoxy) is 4. The molecule has 30 heavy (non-hydrogen) atoms. The number of fused-ring (bicyclic) bond motifs is 1. The molecular formula is C22H26N2O6. The fourth-order valence-corrected chi connectivity index (χ4v) is 2.95. The Bertz CT molecular complexity index is 922. The molecule has 2 N–H and O–H groups in total. The lowest BCUT2D eigenvalue weighted by molar-refractivity contribution is -0.118. The topological polar surface area (TPSA) is 95.1 Å². The van der Waals surface area contributed by atoms with E-state index in [1.165, 1.54) is 7.11 Å². The number of para-hydroxylation sites is 1. The first-order chi connectivity index (χ1) is 14.3. The molecule has 1 unspecified atom stereocenters. The summed E-state index contributed by atoms with van der Waals surface area (Å²) in [5.41, 5.74) is 0.304. The van der Waals surface area contributed by atoms with Crippen LogP contribution in [0.15, 0.2) is 42.5 Å². The quantitative estimate of drug-likeness (QED) is 0.775. The number of benzene rings is 2. The van der Waals surface area contributed by atoms with E-state index >= 15 is 0 Å². The largest absolute Gasteiger partial charge is 0.496 e. The van der Waals surface area contributed by atoms with Crippen LogP contribution in [0.4, 0.5) is 10.5 Å². The van der Waals surface area contributed by atoms with Gasteiger partial charge in [-0.3, -0.25) is 4.79 Å². The molecule has 0 radical (unpaired) electrons. The van der Waals surface area contributed by atoms with Gasteiger partial charge in [-0.05, 0) is 39.0 Å². The van der Waals surface area contributed by atoms with Gasteiger partial charge in [0.05, 0.1) is 7.11 Å². The Balaban J connectivity index is 1.85. The Hall–Kier alpha value is -3.42. The van der Waals surface area contributed by atoms with Gasteiger partial charge in [-0.1, -0.05) is 18.2 Å². The number of hydrogen-bond acceptors (Lipinski definition) is 6. The van der Waals surface area contributed by atoms with E-state index in [0.717, 1.165) is 0 Å². The first kappa shape index (κ1) is 21.3. The van der Waals surface area contributed by atoms with Gasteiger partial charge >= 0.3 is 6.09 Å². The zero-order valence-electron chi connectivity index (χ0n) is 17.5. The Kier molecular flexibility index (Phi) is 6.34. The summed E-state index contributed by atoms with van der Waals surface area (Å²) in [5.74, 6) is 1.18. The van der Waals surface area contributed by atoms with E-state index in [9.17, 15) is 9.59 Å². The highest BCUT2D eigenvalue weighted by atomic mass is 16.6. The van der Waals surface area contributed by atoms with Gasteiger partial charge in [0.15, 0.2) is 11.5 Å². The van der Waals surface area contributed by atoms with Crippen LogP contribution in [0.3, 0.4) is 0 Å². The minimum Gasteiger partial charge on any atom is -0.496 e. The maximum absolute atomic E-state index is 13.1. The molecule has 8 heteroatoms. The average Bonchev–Trinajstić information content (AvgIpc) is 2.70. The molecule has 0 saturated carbocycles. The van der Waals surface area contributed by atoms with Crippen molar-refractivity contribution in [1.29, 1.82) is 0 Å². The van der Waals surface area contributed by atoms with Crippen LogP contribution in [0.5, 0.6) is 17.2 Å². The number of hydrogen-bond donors (Lipinski definition) is 2. The lowest BCUT2D eigenvalue weighted by atomic mass is 10.0. The van der Waals surface area contributed by atoms with Crippen molar-refractivity contribution in [1.82, 2.24) is 5.32 Å². The Morgan fingerprint density at radius 2 is 1.73 bits per heavy atom. The van der Waals surface area contributed by atoms with Crippen molar-refractivity contribution in [3.8, 4) is 17.2 Å². The van der Waals surface area contributed by atoms with E-state index in [0.29, 0.717) is 41.7 Å². The molecule has 0 bridgehead atoms. The predicted octanol–water partition coefficient (Wildman–Crippen LogP) is 3.67. The molecule has 2 aromatic rings. The highest BCUT2D eigenvalue weighted by Gasteiger charge is 2.28. The van der Waals surface area contributed by atoms with Crippen molar-refractivity contribution >= 4 is 17.7 Å². The molecule has 1 aliphatic heterocycles. The summed E-state index contributed by atoms with van der Waals surface area (Å²) >= 11 is 0. The molecule has 0 aromatic heterocycles. The minimum atomic E-state index is -1.04. The summed E-state index contributed by atoms with van der Waals surface area (Å²) in [4.78, 5) is 25.5. The summed E-state index contributed by atoms with van der Waals surface area (Å²) < 4.78 is 21.8. The molecule has 2 amide bonds. The number of anilines is 1. The van der Waals surface area contributed by atoms with E-state index in [-0.39, 0.29) is 0 Å². The van der Waals surface area contributed by atoms with Crippen molar-refractivity contribution in [3.63, 3.8) is 0 Å². The maximum Gasteiger partial charge on any atom is 0.408 e. The number of carbonyl (C=O) groups excluding carboxylic acids is 2. The summed E-state index contributed by atoms with van der Waals surface area (Å²) in [5, 5.41) is 5.45. The Morgan fingerprint density at radius 3 is 2.43 bits per heavy atom. The molecule has 3 rings (SSSR count). The Morgan fingerprint density at radius 1 is 1.03 bits per heavy atom. The van der Waals surface area contributed by atoms with Crippen LogP contribution in [0.25, 0.3) is 0 Å². The number of amides is 2. The fourth-order valence-electron chi connectivity index (χ4n) is 2.95. The summed E-state index contributed by atoms with van der Waals surface area (Å²) in [6.07, 6.45) is -0.712. The maximum atomic E-state index is 13.1. The first-order valence-corrected chi connectivity index (χ1v) is 9.60. The van der Waals surface area contributed by atoms with Gasteiger partial charge < -0.3 is 29.6 Å². The van der Waals surface area contributed by atoms with Crippen molar-refractivity contribution in [3.05, 3.63) is 48.0 Å². The highest BCUT2D eigenvalue weighted by molar-refractivity contribution is 5.98. The number of methoxy groups -OCH3 is 1. The van der Waals surface area contributed by atoms with Crippen molar-refractivity contribution in [2.75, 3.05) is 25.6 Å². The van der Waals surface area contributed by atoms with Crippen molar-refractivity contribution < 1.29 is 28.5 Å². The second-order valence-electron chi connectivity index (χ2n) is 7.67. The van der Waals surface area contributed by atoms with E-state index in [1.807, 2.05) is 0 Å². The van der Waals surface area contributed by atoms with E-state index < -0.39 is 23.6 Å². The van der Waals surface area contributed by atoms with E-state index in [1.54, 1.807) is 63.2 Å². The van der Waals surface area contributed by atoms with Gasteiger partial charge in [-0.15, -0.1) is 0 Å². The number of nitrogens with one attached hydrogen (secondary N) is 2. The molecule has 1 atom stereocenters. The SMILES string of the molecule is COc1ccccc1C(NC(=O)OC(C)(C)C)C(=O)Nc1ccc2c(c1)OCCO2. The molecule has 0 saturated heterocycles. The van der Waals surface area contributed by atoms with Crippen LogP contribution in [-0.2, 0) is 9.53 Å². The fraction of sp³-hybridized carbons (Fsp3) is 0.364. The van der Waals surface area contributed by atoms with Crippen LogP contribution in [0.1, 0.15) is 32.4 Å². The normalized spacial score (nSPS) is 13.7. The van der Waals surface area contributed by atoms with Crippen molar-refractivity contribution in [2.45, 2.75) is 32.4 Å². The third-order valence-corrected chi connectivity index (χ3v) is 4.18. The summed E-state index contributed by atoms with van der Waals surface area (Å²) in [7, 11) is 1.50. The summed E-state index contributed by atoms with van der Waals surface area (Å²) in [6, 6.07) is 11.1. The van der Waals surface area contributed by atoms with Crippen LogP contribution in [0.2, 0.25) is 0 Å². The van der Waals surface area contributed by atoms with Crippen LogP contribution in [-0.4, -0.2) is 37.9 Å². The average molecular weight is 414 g/mol. The zero-order chi connectivity index (χ0) is 21.7. The summed E-state index contributed by atoms with van der Waals surface area (Å²) in [6.45, 7) is 6.17. The Labute approximate surface area is 175 Å². The smallest absolute Gasteiger partial charge is 0.408 e. The molecule has 2 aromatic carbocycles. The van der Waals surface area contributed by atoms with Crippen LogP contribution < -0.4 is 24.8 Å². The van der Waals surface area contributed by atoms with E-state index in [4.69, 9.17) is 18.9 Å². The molecule has 0 fully saturated rings. The van der Waals surface area contributed by atoms with E-state index in [2.05, 4.69) is 10.6 Å². The molecular weight excluding hydrogens is 388 g/mol. The number of carbonyl (C=O) groups is 2. The molecule has 8 nitrogen and oxygen atoms in total. The van der Waals surface area contributed by atoms with Gasteiger partial charge in [0.2, 0.25) is 0 Å². The van der Waals surface area contributed by atoms with Gasteiger partial charge in [0.1, 0.15) is 30.6 Å². The first-order valence-electron chi connectivity index (χ1n) is 9.60. The molecule has 1 heterocycles. The molecule has 1 aliphatic rings. The standard InChI is InChI=1S/C22H26N2O6/c1-22(2,3)30-21(26)24-19(15-7-5-6-8-16(15)27-4)20(25)23-14-9-10-17-18(13-14)29-12-11-28-17/h5-10,13,19H,11-12H2,1-4H3,(H,23,25)(H,24,26). The van der Waals surface area contributed by atoms with Gasteiger partial charge in [-0.2, -0.15) is 0 Å². The number of alkyl carbamates (subject to hydrolysis) is 1. The lowest BCUT2D eigenvalue weighted by Crippen LogP contribution is -2.40. The van der Waals surface area contributed by atoms with Crippen LogP contribution >= 0.6 is 0 Å². The van der Waals surface area contributed by atoms with Gasteiger partial charge in [0, 0.05) is 17.3 Å². The third-order valence-electron chi connectivity index (χ3n) is 4.18. The molecule has 160 valence electrons. The van der Waals surface area contributed by atoms with Crippen molar-refractivity contribution in [2.24, 2.45) is 0 Å². The second kappa shape index (κ2) is 8.94. The lowest BCUT2D eigenvalue weighted by Gasteiger charge is -2.24. The van der Waals surface area contributed by atoms with Gasteiger partial charge in [-0.25, -0.2) is 4.79 Å². The van der Waals surface area contributed by atoms with Gasteiger partial charge in [0.25, 0.3) is 5.91 Å². The highest BCUT2D eigenvalue weighted by Crippen LogP contribution is 2.33. The second-order valence-corrected chi connectivity index (χ2v) is 7.67. The third kappa shape index (κ3) is 5.34. The predicted molar refractivity (Wildman–Crippen MR) is 111 cm³/mol. The van der Waals surface area contributed by atoms with Crippen LogP contribution in [0, 0.1) is 0 Å². The monoisotopic (exact) mass is 414 g/mol. The minimum absolute atomic E-state index is 0.439.